The summed E-state index contributed by atoms with van der Waals surface area (Å²) in [5.41, 5.74) is 6.30. The van der Waals surface area contributed by atoms with Crippen LogP contribution in [0.2, 0.25) is 0 Å². The first-order valence-electron chi connectivity index (χ1n) is 5.33. The lowest BCUT2D eigenvalue weighted by atomic mass is 10.4. The molecule has 0 fully saturated rings. The predicted molar refractivity (Wildman–Crippen MR) is 61.6 cm³/mol. The molecule has 1 aromatic heterocycles. The van der Waals surface area contributed by atoms with Gasteiger partial charge in [-0.3, -0.25) is 9.58 Å². The average Bonchev–Trinajstić information content (AvgIpc) is 2.67. The third-order valence-corrected chi connectivity index (χ3v) is 2.13. The Morgan fingerprint density at radius 1 is 1.62 bits per heavy atom. The van der Waals surface area contributed by atoms with Gasteiger partial charge in [0.15, 0.2) is 0 Å². The van der Waals surface area contributed by atoms with Gasteiger partial charge in [0.1, 0.15) is 0 Å². The minimum absolute atomic E-state index is 0.130. The van der Waals surface area contributed by atoms with Crippen molar-refractivity contribution in [3.8, 4) is 0 Å². The van der Waals surface area contributed by atoms with Crippen LogP contribution in [0.15, 0.2) is 18.9 Å². The molecule has 0 aliphatic rings. The first-order valence-corrected chi connectivity index (χ1v) is 5.33. The second kappa shape index (κ2) is 7.10. The lowest BCUT2D eigenvalue weighted by Gasteiger charge is -2.17. The molecule has 16 heavy (non-hydrogen) atoms. The number of hydrogen-bond acceptors (Lipinski definition) is 5. The van der Waals surface area contributed by atoms with E-state index in [1.807, 2.05) is 11.1 Å². The second-order valence-corrected chi connectivity index (χ2v) is 3.51. The lowest BCUT2D eigenvalue weighted by Crippen LogP contribution is -2.26. The summed E-state index contributed by atoms with van der Waals surface area (Å²) in [7, 11) is 0. The Labute approximate surface area is 95.4 Å². The van der Waals surface area contributed by atoms with Gasteiger partial charge in [0, 0.05) is 32.4 Å². The Balaban J connectivity index is 2.51. The lowest BCUT2D eigenvalue weighted by molar-refractivity contribution is 0.202. The normalized spacial score (nSPS) is 10.9. The second-order valence-electron chi connectivity index (χ2n) is 3.51. The Bertz CT molecular complexity index is 312. The Morgan fingerprint density at radius 2 is 2.44 bits per heavy atom. The first kappa shape index (κ1) is 12.8. The van der Waals surface area contributed by atoms with Gasteiger partial charge in [0.05, 0.1) is 18.8 Å². The summed E-state index contributed by atoms with van der Waals surface area (Å²) in [6.45, 7) is 7.03. The summed E-state index contributed by atoms with van der Waals surface area (Å²) in [5.74, 6) is 0. The molecule has 0 unspecified atom stereocenters. The molecule has 0 aliphatic carbocycles. The third kappa shape index (κ3) is 4.09. The van der Waals surface area contributed by atoms with Crippen molar-refractivity contribution in [2.24, 2.45) is 5.73 Å². The topological polar surface area (TPSA) is 80.2 Å². The molecular weight excluding hydrogens is 206 g/mol. The summed E-state index contributed by atoms with van der Waals surface area (Å²) in [6.07, 6.45) is 3.68. The van der Waals surface area contributed by atoms with Gasteiger partial charge in [-0.2, -0.15) is 0 Å². The van der Waals surface area contributed by atoms with Crippen molar-refractivity contribution >= 4 is 0 Å². The van der Waals surface area contributed by atoms with E-state index in [-0.39, 0.29) is 6.61 Å². The summed E-state index contributed by atoms with van der Waals surface area (Å²) in [4.78, 5) is 2.05. The maximum Gasteiger partial charge on any atom is 0.0967 e. The minimum atomic E-state index is 0.130. The summed E-state index contributed by atoms with van der Waals surface area (Å²) in [6, 6.07) is 0. The molecule has 1 heterocycles. The highest BCUT2D eigenvalue weighted by Gasteiger charge is 2.06. The van der Waals surface area contributed by atoms with Crippen LogP contribution in [0.4, 0.5) is 0 Å². The van der Waals surface area contributed by atoms with E-state index in [4.69, 9.17) is 10.8 Å². The molecule has 0 spiro atoms. The summed E-state index contributed by atoms with van der Waals surface area (Å²) < 4.78 is 1.72. The SMILES string of the molecule is C=CCN(CCO)Cc1cn(CCN)nn1. The fourth-order valence-corrected chi connectivity index (χ4v) is 1.44. The van der Waals surface area contributed by atoms with Crippen LogP contribution in [-0.4, -0.2) is 51.2 Å². The van der Waals surface area contributed by atoms with Crippen LogP contribution < -0.4 is 5.73 Å². The average molecular weight is 225 g/mol. The molecule has 0 atom stereocenters. The molecule has 0 saturated heterocycles. The highest BCUT2D eigenvalue weighted by atomic mass is 16.3. The number of nitrogens with two attached hydrogens (primary N) is 1. The first-order chi connectivity index (χ1) is 7.80. The summed E-state index contributed by atoms with van der Waals surface area (Å²) >= 11 is 0. The van der Waals surface area contributed by atoms with Crippen LogP contribution in [0.25, 0.3) is 0 Å². The van der Waals surface area contributed by atoms with Crippen molar-refractivity contribution in [1.82, 2.24) is 19.9 Å². The number of aliphatic hydroxyl groups excluding tert-OH is 1. The molecule has 1 aromatic rings. The van der Waals surface area contributed by atoms with E-state index < -0.39 is 0 Å². The van der Waals surface area contributed by atoms with Gasteiger partial charge in [-0.15, -0.1) is 11.7 Å². The zero-order valence-corrected chi connectivity index (χ0v) is 9.42. The van der Waals surface area contributed by atoms with Crippen LogP contribution in [0.3, 0.4) is 0 Å². The largest absolute Gasteiger partial charge is 0.395 e. The zero-order chi connectivity index (χ0) is 11.8. The Morgan fingerprint density at radius 3 is 3.06 bits per heavy atom. The number of rotatable bonds is 8. The van der Waals surface area contributed by atoms with Gasteiger partial charge < -0.3 is 10.8 Å². The van der Waals surface area contributed by atoms with E-state index in [9.17, 15) is 0 Å². The van der Waals surface area contributed by atoms with Gasteiger partial charge >= 0.3 is 0 Å². The molecule has 0 radical (unpaired) electrons. The summed E-state index contributed by atoms with van der Waals surface area (Å²) in [5, 5.41) is 16.9. The van der Waals surface area contributed by atoms with Crippen LogP contribution in [0.5, 0.6) is 0 Å². The van der Waals surface area contributed by atoms with Gasteiger partial charge in [0.25, 0.3) is 0 Å². The molecule has 6 heteroatoms. The van der Waals surface area contributed by atoms with Crippen LogP contribution >= 0.6 is 0 Å². The Kier molecular flexibility index (Phi) is 5.69. The van der Waals surface area contributed by atoms with Crippen molar-refractivity contribution in [3.05, 3.63) is 24.5 Å². The Hall–Kier alpha value is -1.24. The standard InChI is InChI=1S/C10H19N5O/c1-2-4-14(6-7-16)8-10-9-15(5-3-11)13-12-10/h2,9,16H,1,3-8,11H2. The van der Waals surface area contributed by atoms with E-state index >= 15 is 0 Å². The molecule has 3 N–H and O–H groups in total. The smallest absolute Gasteiger partial charge is 0.0967 e. The van der Waals surface area contributed by atoms with E-state index in [1.165, 1.54) is 0 Å². The minimum Gasteiger partial charge on any atom is -0.395 e. The maximum absolute atomic E-state index is 8.90. The molecule has 0 bridgehead atoms. The fraction of sp³-hybridized carbons (Fsp3) is 0.600. The van der Waals surface area contributed by atoms with Gasteiger partial charge in [-0.1, -0.05) is 11.3 Å². The zero-order valence-electron chi connectivity index (χ0n) is 9.42. The monoisotopic (exact) mass is 225 g/mol. The molecular formula is C10H19N5O. The number of nitrogens with zero attached hydrogens (tertiary/aromatic N) is 4. The van der Waals surface area contributed by atoms with E-state index in [0.717, 1.165) is 12.2 Å². The van der Waals surface area contributed by atoms with Crippen LogP contribution in [-0.2, 0) is 13.1 Å². The molecule has 0 amide bonds. The molecule has 0 aliphatic heterocycles. The third-order valence-electron chi connectivity index (χ3n) is 2.13. The van der Waals surface area contributed by atoms with E-state index in [1.54, 1.807) is 10.8 Å². The van der Waals surface area contributed by atoms with Crippen molar-refractivity contribution in [1.29, 1.82) is 0 Å². The fourth-order valence-electron chi connectivity index (χ4n) is 1.44. The molecule has 6 nitrogen and oxygen atoms in total. The number of aromatic nitrogens is 3. The molecule has 0 aromatic carbocycles. The van der Waals surface area contributed by atoms with E-state index in [2.05, 4.69) is 16.9 Å². The van der Waals surface area contributed by atoms with Crippen molar-refractivity contribution in [2.75, 3.05) is 26.2 Å². The van der Waals surface area contributed by atoms with Crippen LogP contribution in [0, 0.1) is 0 Å². The maximum atomic E-state index is 8.90. The predicted octanol–water partition coefficient (Wildman–Crippen LogP) is -0.783. The van der Waals surface area contributed by atoms with Crippen molar-refractivity contribution in [3.63, 3.8) is 0 Å². The van der Waals surface area contributed by atoms with Crippen molar-refractivity contribution in [2.45, 2.75) is 13.1 Å². The number of hydrogen-bond donors (Lipinski definition) is 2. The van der Waals surface area contributed by atoms with Gasteiger partial charge in [-0.05, 0) is 0 Å². The van der Waals surface area contributed by atoms with Gasteiger partial charge in [-0.25, -0.2) is 0 Å². The quantitative estimate of drug-likeness (QED) is 0.567. The van der Waals surface area contributed by atoms with Gasteiger partial charge in [0.2, 0.25) is 0 Å². The van der Waals surface area contributed by atoms with Crippen molar-refractivity contribution < 1.29 is 5.11 Å². The molecule has 90 valence electrons. The van der Waals surface area contributed by atoms with E-state index in [0.29, 0.717) is 26.2 Å². The molecule has 0 saturated carbocycles. The highest BCUT2D eigenvalue weighted by molar-refractivity contribution is 4.93. The number of aliphatic hydroxyl groups is 1. The van der Waals surface area contributed by atoms with Crippen LogP contribution in [0.1, 0.15) is 5.69 Å². The highest BCUT2D eigenvalue weighted by Crippen LogP contribution is 2.00. The molecule has 1 rings (SSSR count).